The molecule has 18 heavy (non-hydrogen) atoms. The fourth-order valence-electron chi connectivity index (χ4n) is 2.36. The standard InChI is InChI=1S/C14H16BrF3/c1-13(9-15,11-6-7-11)8-10-2-4-12(5-3-10)14(16,17)18/h2-5,11H,6-9H2,1H3. The minimum atomic E-state index is -4.24. The highest BCUT2D eigenvalue weighted by Crippen LogP contribution is 2.48. The van der Waals surface area contributed by atoms with Crippen molar-refractivity contribution in [2.75, 3.05) is 5.33 Å². The third kappa shape index (κ3) is 3.08. The smallest absolute Gasteiger partial charge is 0.166 e. The molecule has 0 heterocycles. The van der Waals surface area contributed by atoms with Crippen molar-refractivity contribution in [3.8, 4) is 0 Å². The van der Waals surface area contributed by atoms with Crippen LogP contribution in [-0.4, -0.2) is 5.33 Å². The van der Waals surface area contributed by atoms with Crippen LogP contribution in [0.15, 0.2) is 24.3 Å². The van der Waals surface area contributed by atoms with Crippen molar-refractivity contribution in [3.05, 3.63) is 35.4 Å². The molecule has 0 nitrogen and oxygen atoms in total. The zero-order valence-electron chi connectivity index (χ0n) is 10.2. The van der Waals surface area contributed by atoms with Gasteiger partial charge in [-0.1, -0.05) is 35.0 Å². The topological polar surface area (TPSA) is 0 Å². The van der Waals surface area contributed by atoms with Gasteiger partial charge in [-0.2, -0.15) is 13.2 Å². The lowest BCUT2D eigenvalue weighted by Crippen LogP contribution is -2.24. The number of alkyl halides is 4. The Balaban J connectivity index is 2.10. The summed E-state index contributed by atoms with van der Waals surface area (Å²) in [7, 11) is 0. The Morgan fingerprint density at radius 1 is 1.17 bits per heavy atom. The van der Waals surface area contributed by atoms with Crippen molar-refractivity contribution in [2.24, 2.45) is 11.3 Å². The molecule has 0 aromatic heterocycles. The molecule has 0 amide bonds. The summed E-state index contributed by atoms with van der Waals surface area (Å²) in [6.45, 7) is 2.21. The highest BCUT2D eigenvalue weighted by molar-refractivity contribution is 9.09. The van der Waals surface area contributed by atoms with Crippen LogP contribution in [0.4, 0.5) is 13.2 Å². The Hall–Kier alpha value is -0.510. The molecule has 0 saturated heterocycles. The van der Waals surface area contributed by atoms with E-state index in [0.717, 1.165) is 17.3 Å². The average Bonchev–Trinajstić information content (AvgIpc) is 3.12. The van der Waals surface area contributed by atoms with Crippen molar-refractivity contribution < 1.29 is 13.2 Å². The number of benzene rings is 1. The summed E-state index contributed by atoms with van der Waals surface area (Å²) < 4.78 is 37.4. The van der Waals surface area contributed by atoms with E-state index in [-0.39, 0.29) is 5.41 Å². The van der Waals surface area contributed by atoms with E-state index in [2.05, 4.69) is 22.9 Å². The van der Waals surface area contributed by atoms with Crippen molar-refractivity contribution >= 4 is 15.9 Å². The van der Waals surface area contributed by atoms with Gasteiger partial charge in [0.05, 0.1) is 5.56 Å². The van der Waals surface area contributed by atoms with E-state index in [1.807, 2.05) is 0 Å². The van der Waals surface area contributed by atoms with Crippen LogP contribution in [-0.2, 0) is 12.6 Å². The fourth-order valence-corrected chi connectivity index (χ4v) is 3.01. The Morgan fingerprint density at radius 3 is 2.11 bits per heavy atom. The van der Waals surface area contributed by atoms with E-state index in [9.17, 15) is 13.2 Å². The minimum Gasteiger partial charge on any atom is -0.166 e. The molecule has 0 bridgehead atoms. The monoisotopic (exact) mass is 320 g/mol. The van der Waals surface area contributed by atoms with E-state index in [0.29, 0.717) is 5.92 Å². The van der Waals surface area contributed by atoms with Gasteiger partial charge >= 0.3 is 6.18 Å². The lowest BCUT2D eigenvalue weighted by molar-refractivity contribution is -0.137. The van der Waals surface area contributed by atoms with E-state index in [1.165, 1.54) is 25.0 Å². The Morgan fingerprint density at radius 2 is 1.72 bits per heavy atom. The van der Waals surface area contributed by atoms with Crippen LogP contribution in [0.5, 0.6) is 0 Å². The Kier molecular flexibility index (Phi) is 3.77. The lowest BCUT2D eigenvalue weighted by atomic mass is 9.81. The maximum absolute atomic E-state index is 12.5. The molecule has 1 unspecified atom stereocenters. The van der Waals surface area contributed by atoms with Gasteiger partial charge in [-0.05, 0) is 48.3 Å². The average molecular weight is 321 g/mol. The maximum atomic E-state index is 12.5. The molecule has 0 spiro atoms. The van der Waals surface area contributed by atoms with Gasteiger partial charge in [0, 0.05) is 5.33 Å². The second-order valence-electron chi connectivity index (χ2n) is 5.43. The first-order valence-electron chi connectivity index (χ1n) is 6.07. The molecule has 100 valence electrons. The largest absolute Gasteiger partial charge is 0.416 e. The van der Waals surface area contributed by atoms with E-state index in [4.69, 9.17) is 0 Å². The van der Waals surface area contributed by atoms with Crippen LogP contribution >= 0.6 is 15.9 Å². The molecule has 0 radical (unpaired) electrons. The first-order valence-corrected chi connectivity index (χ1v) is 7.19. The quantitative estimate of drug-likeness (QED) is 0.680. The summed E-state index contributed by atoms with van der Waals surface area (Å²) >= 11 is 3.54. The van der Waals surface area contributed by atoms with Gasteiger partial charge in [0.25, 0.3) is 0 Å². The minimum absolute atomic E-state index is 0.166. The highest BCUT2D eigenvalue weighted by atomic mass is 79.9. The zero-order valence-corrected chi connectivity index (χ0v) is 11.8. The van der Waals surface area contributed by atoms with Crippen LogP contribution in [0.1, 0.15) is 30.9 Å². The van der Waals surface area contributed by atoms with Gasteiger partial charge < -0.3 is 0 Å². The van der Waals surface area contributed by atoms with Crippen LogP contribution < -0.4 is 0 Å². The summed E-state index contributed by atoms with van der Waals surface area (Å²) in [5.41, 5.74) is 0.579. The van der Waals surface area contributed by atoms with Gasteiger partial charge in [-0.25, -0.2) is 0 Å². The number of rotatable bonds is 4. The predicted octanol–water partition coefficient (Wildman–Crippen LogP) is 5.06. The summed E-state index contributed by atoms with van der Waals surface area (Å²) in [5.74, 6) is 0.708. The van der Waals surface area contributed by atoms with Crippen molar-refractivity contribution in [1.29, 1.82) is 0 Å². The van der Waals surface area contributed by atoms with Crippen molar-refractivity contribution in [1.82, 2.24) is 0 Å². The second kappa shape index (κ2) is 4.87. The van der Waals surface area contributed by atoms with Gasteiger partial charge in [-0.3, -0.25) is 0 Å². The first-order chi connectivity index (χ1) is 8.35. The molecule has 1 atom stereocenters. The highest BCUT2D eigenvalue weighted by Gasteiger charge is 2.40. The van der Waals surface area contributed by atoms with Gasteiger partial charge in [0.1, 0.15) is 0 Å². The van der Waals surface area contributed by atoms with E-state index >= 15 is 0 Å². The lowest BCUT2D eigenvalue weighted by Gasteiger charge is -2.27. The molecule has 1 fully saturated rings. The van der Waals surface area contributed by atoms with Crippen LogP contribution in [0.25, 0.3) is 0 Å². The molecule has 1 aromatic carbocycles. The maximum Gasteiger partial charge on any atom is 0.416 e. The van der Waals surface area contributed by atoms with Crippen LogP contribution in [0, 0.1) is 11.3 Å². The second-order valence-corrected chi connectivity index (χ2v) is 5.99. The Bertz CT molecular complexity index is 406. The summed E-state index contributed by atoms with van der Waals surface area (Å²) in [6, 6.07) is 5.56. The van der Waals surface area contributed by atoms with Gasteiger partial charge in [-0.15, -0.1) is 0 Å². The summed E-state index contributed by atoms with van der Waals surface area (Å²) in [5, 5.41) is 0.895. The van der Waals surface area contributed by atoms with Gasteiger partial charge in [0.15, 0.2) is 0 Å². The molecule has 1 aromatic rings. The Labute approximate surface area is 114 Å². The molecule has 1 aliphatic carbocycles. The molecule has 1 saturated carbocycles. The molecule has 0 N–H and O–H groups in total. The number of halogens is 4. The molecular formula is C14H16BrF3. The third-order valence-electron chi connectivity index (χ3n) is 3.76. The van der Waals surface area contributed by atoms with Crippen LogP contribution in [0.3, 0.4) is 0 Å². The van der Waals surface area contributed by atoms with Crippen LogP contribution in [0.2, 0.25) is 0 Å². The third-order valence-corrected chi connectivity index (χ3v) is 5.04. The number of hydrogen-bond acceptors (Lipinski definition) is 0. The molecule has 1 aliphatic rings. The molecular weight excluding hydrogens is 305 g/mol. The first kappa shape index (κ1) is 13.9. The zero-order chi connectivity index (χ0) is 13.4. The predicted molar refractivity (Wildman–Crippen MR) is 69.8 cm³/mol. The molecule has 2 rings (SSSR count). The van der Waals surface area contributed by atoms with E-state index < -0.39 is 11.7 Å². The normalized spacial score (nSPS) is 19.6. The van der Waals surface area contributed by atoms with E-state index in [1.54, 1.807) is 12.1 Å². The number of hydrogen-bond donors (Lipinski definition) is 0. The van der Waals surface area contributed by atoms with Crippen molar-refractivity contribution in [3.63, 3.8) is 0 Å². The van der Waals surface area contributed by atoms with Gasteiger partial charge in [0.2, 0.25) is 0 Å². The fraction of sp³-hybridized carbons (Fsp3) is 0.571. The van der Waals surface area contributed by atoms with Crippen molar-refractivity contribution in [2.45, 2.75) is 32.4 Å². The SMILES string of the molecule is CC(CBr)(Cc1ccc(C(F)(F)F)cc1)C1CC1. The molecule has 4 heteroatoms. The summed E-state index contributed by atoms with van der Waals surface area (Å²) in [4.78, 5) is 0. The summed E-state index contributed by atoms with van der Waals surface area (Å²) in [6.07, 6.45) is -0.930. The molecule has 0 aliphatic heterocycles.